The van der Waals surface area contributed by atoms with E-state index in [1.165, 1.54) is 50.1 Å². The van der Waals surface area contributed by atoms with Gasteiger partial charge < -0.3 is 9.80 Å². The second-order valence-corrected chi connectivity index (χ2v) is 11.0. The number of hydrogen-bond donors (Lipinski definition) is 0. The fourth-order valence-electron chi connectivity index (χ4n) is 5.61. The first-order valence-electron chi connectivity index (χ1n) is 14.1. The van der Waals surface area contributed by atoms with Crippen LogP contribution in [0.4, 0.5) is 28.4 Å². The largest absolute Gasteiger partial charge is 0.334 e. The van der Waals surface area contributed by atoms with Crippen molar-refractivity contribution in [3.05, 3.63) is 150 Å². The lowest BCUT2D eigenvalue weighted by Crippen LogP contribution is -2.30. The van der Waals surface area contributed by atoms with Crippen molar-refractivity contribution < 1.29 is 0 Å². The van der Waals surface area contributed by atoms with Crippen molar-refractivity contribution in [2.45, 2.75) is 40.2 Å². The molecule has 1 atom stereocenters. The molecule has 1 aliphatic rings. The lowest BCUT2D eigenvalue weighted by atomic mass is 9.98. The molecule has 5 aromatic rings. The Balaban J connectivity index is 1.55. The number of aryl methyl sites for hydroxylation is 3. The number of hydrogen-bond acceptors (Lipinski definition) is 2. The highest BCUT2D eigenvalue weighted by molar-refractivity contribution is 6.06. The highest BCUT2D eigenvalue weighted by Gasteiger charge is 2.24. The Hall–Kier alpha value is -4.56. The first kappa shape index (κ1) is 25.7. The van der Waals surface area contributed by atoms with Gasteiger partial charge in [0, 0.05) is 33.5 Å². The van der Waals surface area contributed by atoms with Crippen molar-refractivity contribution in [2.24, 2.45) is 0 Å². The maximum absolute atomic E-state index is 2.51. The molecule has 0 aliphatic heterocycles. The summed E-state index contributed by atoms with van der Waals surface area (Å²) in [5.74, 6) is 0. The molecule has 40 heavy (non-hydrogen) atoms. The van der Waals surface area contributed by atoms with E-state index in [0.717, 1.165) is 17.8 Å². The SMILES string of the molecule is CC1=CCC(N(c2ccc(C)cc2)c2ccc(N(c3ccc(C)cc3)c3ccc(C)cc3)c3ccccc23)C=C1. The van der Waals surface area contributed by atoms with Gasteiger partial charge in [-0.25, -0.2) is 0 Å². The van der Waals surface area contributed by atoms with E-state index < -0.39 is 0 Å². The van der Waals surface area contributed by atoms with Crippen molar-refractivity contribution >= 4 is 39.2 Å². The van der Waals surface area contributed by atoms with Crippen molar-refractivity contribution in [3.63, 3.8) is 0 Å². The number of nitrogens with zero attached hydrogens (tertiary/aromatic N) is 2. The zero-order valence-corrected chi connectivity index (χ0v) is 23.8. The highest BCUT2D eigenvalue weighted by Crippen LogP contribution is 2.44. The van der Waals surface area contributed by atoms with E-state index in [1.54, 1.807) is 0 Å². The van der Waals surface area contributed by atoms with Gasteiger partial charge in [0.25, 0.3) is 0 Å². The van der Waals surface area contributed by atoms with Gasteiger partial charge in [0.2, 0.25) is 0 Å². The number of anilines is 5. The topological polar surface area (TPSA) is 6.48 Å². The van der Waals surface area contributed by atoms with Crippen LogP contribution in [0, 0.1) is 20.8 Å². The van der Waals surface area contributed by atoms with Crippen LogP contribution in [0.15, 0.2) is 133 Å². The fraction of sp³-hybridized carbons (Fsp3) is 0.158. The summed E-state index contributed by atoms with van der Waals surface area (Å²) in [5.41, 5.74) is 11.0. The molecule has 0 fully saturated rings. The maximum Gasteiger partial charge on any atom is 0.0560 e. The average molecular weight is 521 g/mol. The van der Waals surface area contributed by atoms with Crippen LogP contribution in [0.3, 0.4) is 0 Å². The van der Waals surface area contributed by atoms with E-state index in [9.17, 15) is 0 Å². The van der Waals surface area contributed by atoms with Crippen molar-refractivity contribution in [2.75, 3.05) is 9.80 Å². The molecule has 0 spiro atoms. The molecule has 0 amide bonds. The van der Waals surface area contributed by atoms with Gasteiger partial charge in [-0.2, -0.15) is 0 Å². The molecule has 198 valence electrons. The molecule has 0 aromatic heterocycles. The highest BCUT2D eigenvalue weighted by atomic mass is 15.2. The summed E-state index contributed by atoms with van der Waals surface area (Å²) < 4.78 is 0. The molecule has 0 saturated carbocycles. The summed E-state index contributed by atoms with van der Waals surface area (Å²) in [4.78, 5) is 4.89. The minimum Gasteiger partial charge on any atom is -0.334 e. The van der Waals surface area contributed by atoms with Crippen LogP contribution in [0.25, 0.3) is 10.8 Å². The predicted octanol–water partition coefficient (Wildman–Crippen LogP) is 10.6. The summed E-state index contributed by atoms with van der Waals surface area (Å²) in [7, 11) is 0. The molecule has 2 nitrogen and oxygen atoms in total. The smallest absolute Gasteiger partial charge is 0.0560 e. The molecular formula is C38H36N2. The molecule has 0 N–H and O–H groups in total. The summed E-state index contributed by atoms with van der Waals surface area (Å²) in [6.45, 7) is 8.61. The quantitative estimate of drug-likeness (QED) is 0.220. The zero-order chi connectivity index (χ0) is 27.6. The molecule has 5 aromatic carbocycles. The normalized spacial score (nSPS) is 14.7. The van der Waals surface area contributed by atoms with Crippen LogP contribution < -0.4 is 9.80 Å². The third-order valence-corrected chi connectivity index (χ3v) is 7.87. The maximum atomic E-state index is 2.51. The standard InChI is InChI=1S/C38H36N2/c1-27-9-17-31(18-10-27)39(32-19-11-28(2)12-20-32)37-25-26-38(36-8-6-5-7-35(36)37)40(33-21-13-29(3)14-22-33)34-23-15-30(4)16-24-34/h5-23,25-26,34H,24H2,1-4H3. The second kappa shape index (κ2) is 10.9. The van der Waals surface area contributed by atoms with E-state index in [1.807, 2.05) is 0 Å². The minimum absolute atomic E-state index is 0.242. The van der Waals surface area contributed by atoms with E-state index in [-0.39, 0.29) is 6.04 Å². The van der Waals surface area contributed by atoms with Gasteiger partial charge in [0.05, 0.1) is 11.7 Å². The Labute approximate surface area is 238 Å². The first-order valence-corrected chi connectivity index (χ1v) is 14.1. The predicted molar refractivity (Wildman–Crippen MR) is 173 cm³/mol. The minimum atomic E-state index is 0.242. The van der Waals surface area contributed by atoms with Gasteiger partial charge in [0.1, 0.15) is 0 Å². The van der Waals surface area contributed by atoms with Crippen molar-refractivity contribution in [3.8, 4) is 0 Å². The third kappa shape index (κ3) is 5.05. The van der Waals surface area contributed by atoms with Crippen LogP contribution in [0.5, 0.6) is 0 Å². The Bertz CT molecular complexity index is 1650. The van der Waals surface area contributed by atoms with Crippen LogP contribution in [0.2, 0.25) is 0 Å². The van der Waals surface area contributed by atoms with E-state index in [4.69, 9.17) is 0 Å². The molecule has 0 saturated heterocycles. The molecule has 1 unspecified atom stereocenters. The van der Waals surface area contributed by atoms with Gasteiger partial charge in [0.15, 0.2) is 0 Å². The van der Waals surface area contributed by atoms with Gasteiger partial charge in [-0.05, 0) is 82.6 Å². The average Bonchev–Trinajstić information content (AvgIpc) is 2.98. The summed E-state index contributed by atoms with van der Waals surface area (Å²) >= 11 is 0. The van der Waals surface area contributed by atoms with E-state index >= 15 is 0 Å². The summed E-state index contributed by atoms with van der Waals surface area (Å²) in [6, 6.07) is 40.3. The Morgan fingerprint density at radius 2 is 1.00 bits per heavy atom. The van der Waals surface area contributed by atoms with Crippen LogP contribution in [-0.2, 0) is 0 Å². The lowest BCUT2D eigenvalue weighted by Gasteiger charge is -2.35. The van der Waals surface area contributed by atoms with Crippen molar-refractivity contribution in [1.29, 1.82) is 0 Å². The zero-order valence-electron chi connectivity index (χ0n) is 23.8. The molecule has 0 heterocycles. The number of allylic oxidation sites excluding steroid dienone is 2. The molecule has 0 bridgehead atoms. The second-order valence-electron chi connectivity index (χ2n) is 11.0. The van der Waals surface area contributed by atoms with Gasteiger partial charge in [-0.15, -0.1) is 0 Å². The number of benzene rings is 5. The molecule has 1 aliphatic carbocycles. The molecule has 2 heteroatoms. The van der Waals surface area contributed by atoms with Crippen LogP contribution >= 0.6 is 0 Å². The number of rotatable bonds is 6. The molecule has 6 rings (SSSR count). The summed E-state index contributed by atoms with van der Waals surface area (Å²) in [6.07, 6.45) is 7.93. The Kier molecular flexibility index (Phi) is 7.00. The Morgan fingerprint density at radius 1 is 0.525 bits per heavy atom. The van der Waals surface area contributed by atoms with Gasteiger partial charge >= 0.3 is 0 Å². The van der Waals surface area contributed by atoms with Gasteiger partial charge in [-0.3, -0.25) is 0 Å². The van der Waals surface area contributed by atoms with Crippen molar-refractivity contribution in [1.82, 2.24) is 0 Å². The lowest BCUT2D eigenvalue weighted by molar-refractivity contribution is 0.781. The fourth-order valence-corrected chi connectivity index (χ4v) is 5.61. The summed E-state index contributed by atoms with van der Waals surface area (Å²) in [5, 5.41) is 2.47. The van der Waals surface area contributed by atoms with Crippen LogP contribution in [-0.4, -0.2) is 6.04 Å². The molecular weight excluding hydrogens is 484 g/mol. The third-order valence-electron chi connectivity index (χ3n) is 7.87. The number of fused-ring (bicyclic) bond motifs is 1. The first-order chi connectivity index (χ1) is 19.5. The van der Waals surface area contributed by atoms with Gasteiger partial charge in [-0.1, -0.05) is 101 Å². The Morgan fingerprint density at radius 3 is 1.50 bits per heavy atom. The van der Waals surface area contributed by atoms with Crippen LogP contribution in [0.1, 0.15) is 30.0 Å². The van der Waals surface area contributed by atoms with E-state index in [2.05, 4.69) is 165 Å². The monoisotopic (exact) mass is 520 g/mol. The van der Waals surface area contributed by atoms with E-state index in [0.29, 0.717) is 0 Å². The molecule has 0 radical (unpaired) electrons.